The summed E-state index contributed by atoms with van der Waals surface area (Å²) in [4.78, 5) is 28.9. The number of thiazole rings is 1. The van der Waals surface area contributed by atoms with E-state index in [1.165, 1.54) is 25.4 Å². The van der Waals surface area contributed by atoms with Crippen molar-refractivity contribution in [3.63, 3.8) is 0 Å². The first-order valence-electron chi connectivity index (χ1n) is 9.19. The number of benzene rings is 2. The van der Waals surface area contributed by atoms with E-state index >= 15 is 0 Å². The van der Waals surface area contributed by atoms with Gasteiger partial charge in [-0.05, 0) is 37.1 Å². The first-order chi connectivity index (χ1) is 14.1. The van der Waals surface area contributed by atoms with Crippen LogP contribution in [0.3, 0.4) is 0 Å². The first kappa shape index (κ1) is 20.5. The molecular formula is C22H22N2O4S. The second-order valence-electron chi connectivity index (χ2n) is 6.32. The van der Waals surface area contributed by atoms with Crippen molar-refractivity contribution in [2.24, 2.45) is 0 Å². The average molecular weight is 410 g/mol. The van der Waals surface area contributed by atoms with Crippen LogP contribution in [0.25, 0.3) is 10.4 Å². The standard InChI is InChI=1S/C22H22N2O4S/c1-15(25)17-10-11-18(19(13-17)27-2)28-12-6-9-21(26)24-22-23-14-20(29-22)16-7-4-3-5-8-16/h3-5,7-8,10-11,13-14H,6,9,12H2,1-2H3,(H,23,24,26). The fourth-order valence-electron chi connectivity index (χ4n) is 2.67. The Bertz CT molecular complexity index is 985. The highest BCUT2D eigenvalue weighted by Crippen LogP contribution is 2.29. The van der Waals surface area contributed by atoms with Crippen LogP contribution in [-0.4, -0.2) is 30.4 Å². The molecule has 1 amide bonds. The molecule has 0 bridgehead atoms. The zero-order valence-electron chi connectivity index (χ0n) is 16.3. The van der Waals surface area contributed by atoms with Crippen molar-refractivity contribution in [1.82, 2.24) is 4.98 Å². The van der Waals surface area contributed by atoms with Gasteiger partial charge in [0.15, 0.2) is 22.4 Å². The molecule has 1 aromatic heterocycles. The van der Waals surface area contributed by atoms with E-state index in [2.05, 4.69) is 10.3 Å². The number of hydrogen-bond acceptors (Lipinski definition) is 6. The lowest BCUT2D eigenvalue weighted by Crippen LogP contribution is -2.12. The van der Waals surface area contributed by atoms with E-state index in [4.69, 9.17) is 9.47 Å². The predicted molar refractivity (Wildman–Crippen MR) is 114 cm³/mol. The van der Waals surface area contributed by atoms with Gasteiger partial charge in [-0.15, -0.1) is 0 Å². The summed E-state index contributed by atoms with van der Waals surface area (Å²) in [6.07, 6.45) is 2.62. The first-order valence-corrected chi connectivity index (χ1v) is 10.0. The van der Waals surface area contributed by atoms with Gasteiger partial charge in [-0.1, -0.05) is 41.7 Å². The van der Waals surface area contributed by atoms with E-state index in [0.717, 1.165) is 10.4 Å². The minimum absolute atomic E-state index is 0.0378. The molecule has 3 rings (SSSR count). The van der Waals surface area contributed by atoms with Crippen molar-refractivity contribution in [1.29, 1.82) is 0 Å². The van der Waals surface area contributed by atoms with Gasteiger partial charge in [-0.2, -0.15) is 0 Å². The summed E-state index contributed by atoms with van der Waals surface area (Å²) in [6, 6.07) is 15.0. The third-order valence-electron chi connectivity index (χ3n) is 4.19. The molecular weight excluding hydrogens is 388 g/mol. The fourth-order valence-corrected chi connectivity index (χ4v) is 3.51. The van der Waals surface area contributed by atoms with Crippen molar-refractivity contribution in [3.05, 3.63) is 60.3 Å². The highest BCUT2D eigenvalue weighted by atomic mass is 32.1. The maximum atomic E-state index is 12.2. The lowest BCUT2D eigenvalue weighted by Gasteiger charge is -2.11. The lowest BCUT2D eigenvalue weighted by molar-refractivity contribution is -0.116. The number of aromatic nitrogens is 1. The van der Waals surface area contributed by atoms with E-state index in [-0.39, 0.29) is 11.7 Å². The zero-order valence-corrected chi connectivity index (χ0v) is 17.1. The van der Waals surface area contributed by atoms with Crippen LogP contribution in [0.2, 0.25) is 0 Å². The summed E-state index contributed by atoms with van der Waals surface area (Å²) in [5.74, 6) is 0.897. The molecule has 0 unspecified atom stereocenters. The van der Waals surface area contributed by atoms with Gasteiger partial charge in [-0.25, -0.2) is 4.98 Å². The number of rotatable bonds is 9. The molecule has 0 spiro atoms. The maximum Gasteiger partial charge on any atom is 0.226 e. The number of amides is 1. The monoisotopic (exact) mass is 410 g/mol. The molecule has 0 saturated heterocycles. The van der Waals surface area contributed by atoms with Crippen LogP contribution in [0, 0.1) is 0 Å². The Kier molecular flexibility index (Phi) is 6.97. The Morgan fingerprint density at radius 1 is 1.10 bits per heavy atom. The van der Waals surface area contributed by atoms with Gasteiger partial charge in [0.25, 0.3) is 0 Å². The number of carbonyl (C=O) groups excluding carboxylic acids is 2. The minimum Gasteiger partial charge on any atom is -0.493 e. The lowest BCUT2D eigenvalue weighted by atomic mass is 10.1. The molecule has 3 aromatic rings. The summed E-state index contributed by atoms with van der Waals surface area (Å²) in [7, 11) is 1.53. The van der Waals surface area contributed by atoms with Crippen LogP contribution in [0.4, 0.5) is 5.13 Å². The van der Waals surface area contributed by atoms with Gasteiger partial charge in [0.2, 0.25) is 5.91 Å². The van der Waals surface area contributed by atoms with Gasteiger partial charge in [-0.3, -0.25) is 9.59 Å². The largest absolute Gasteiger partial charge is 0.493 e. The van der Waals surface area contributed by atoms with E-state index in [0.29, 0.717) is 41.6 Å². The third-order valence-corrected chi connectivity index (χ3v) is 5.15. The molecule has 0 radical (unpaired) electrons. The van der Waals surface area contributed by atoms with Gasteiger partial charge >= 0.3 is 0 Å². The topological polar surface area (TPSA) is 77.5 Å². The van der Waals surface area contributed by atoms with Crippen LogP contribution in [0.1, 0.15) is 30.1 Å². The Hall–Kier alpha value is -3.19. The van der Waals surface area contributed by atoms with Crippen LogP contribution in [0.5, 0.6) is 11.5 Å². The zero-order chi connectivity index (χ0) is 20.6. The summed E-state index contributed by atoms with van der Waals surface area (Å²) in [6.45, 7) is 1.86. The third kappa shape index (κ3) is 5.65. The van der Waals surface area contributed by atoms with E-state index < -0.39 is 0 Å². The second-order valence-corrected chi connectivity index (χ2v) is 7.35. The molecule has 0 aliphatic carbocycles. The molecule has 2 aromatic carbocycles. The summed E-state index contributed by atoms with van der Waals surface area (Å²) in [5.41, 5.74) is 1.63. The molecule has 0 aliphatic heterocycles. The van der Waals surface area contributed by atoms with Gasteiger partial charge in [0.1, 0.15) is 0 Å². The molecule has 150 valence electrons. The molecule has 1 heterocycles. The second kappa shape index (κ2) is 9.84. The molecule has 0 saturated carbocycles. The number of ether oxygens (including phenoxy) is 2. The van der Waals surface area contributed by atoms with Crippen molar-refractivity contribution < 1.29 is 19.1 Å². The molecule has 0 fully saturated rings. The Morgan fingerprint density at radius 3 is 2.62 bits per heavy atom. The number of ketones is 1. The van der Waals surface area contributed by atoms with Crippen LogP contribution >= 0.6 is 11.3 Å². The SMILES string of the molecule is COc1cc(C(C)=O)ccc1OCCCC(=O)Nc1ncc(-c2ccccc2)s1. The number of nitrogens with zero attached hydrogens (tertiary/aromatic N) is 1. The Balaban J connectivity index is 1.46. The highest BCUT2D eigenvalue weighted by molar-refractivity contribution is 7.19. The van der Waals surface area contributed by atoms with Crippen LogP contribution in [0.15, 0.2) is 54.7 Å². The summed E-state index contributed by atoms with van der Waals surface area (Å²) >= 11 is 1.44. The number of anilines is 1. The number of methoxy groups -OCH3 is 1. The molecule has 0 atom stereocenters. The van der Waals surface area contributed by atoms with Crippen molar-refractivity contribution >= 4 is 28.2 Å². The summed E-state index contributed by atoms with van der Waals surface area (Å²) < 4.78 is 11.0. The summed E-state index contributed by atoms with van der Waals surface area (Å²) in [5, 5.41) is 3.40. The minimum atomic E-state index is -0.110. The van der Waals surface area contributed by atoms with Crippen molar-refractivity contribution in [2.75, 3.05) is 19.0 Å². The maximum absolute atomic E-state index is 12.2. The normalized spacial score (nSPS) is 10.4. The van der Waals surface area contributed by atoms with Crippen molar-refractivity contribution in [2.45, 2.75) is 19.8 Å². The highest BCUT2D eigenvalue weighted by Gasteiger charge is 2.10. The number of hydrogen-bond donors (Lipinski definition) is 1. The number of nitrogens with one attached hydrogen (secondary N) is 1. The fraction of sp³-hybridized carbons (Fsp3) is 0.227. The molecule has 29 heavy (non-hydrogen) atoms. The van der Waals surface area contributed by atoms with Gasteiger partial charge in [0.05, 0.1) is 18.6 Å². The van der Waals surface area contributed by atoms with Gasteiger partial charge < -0.3 is 14.8 Å². The van der Waals surface area contributed by atoms with Crippen LogP contribution < -0.4 is 14.8 Å². The smallest absolute Gasteiger partial charge is 0.226 e. The van der Waals surface area contributed by atoms with E-state index in [9.17, 15) is 9.59 Å². The molecule has 0 aliphatic rings. The molecule has 6 nitrogen and oxygen atoms in total. The quantitative estimate of drug-likeness (QED) is 0.404. The number of Topliss-reactive ketones (excluding diaryl/α,β-unsaturated/α-hetero) is 1. The van der Waals surface area contributed by atoms with Crippen LogP contribution in [-0.2, 0) is 4.79 Å². The molecule has 1 N–H and O–H groups in total. The van der Waals surface area contributed by atoms with E-state index in [1.54, 1.807) is 24.4 Å². The average Bonchev–Trinajstić information content (AvgIpc) is 3.20. The van der Waals surface area contributed by atoms with Gasteiger partial charge in [0, 0.05) is 18.2 Å². The Labute approximate surface area is 173 Å². The number of carbonyl (C=O) groups is 2. The predicted octanol–water partition coefficient (Wildman–Crippen LogP) is 4.82. The van der Waals surface area contributed by atoms with E-state index in [1.807, 2.05) is 30.3 Å². The molecule has 7 heteroatoms. The van der Waals surface area contributed by atoms with Crippen molar-refractivity contribution in [3.8, 4) is 21.9 Å². The Morgan fingerprint density at radius 2 is 1.90 bits per heavy atom.